The molecule has 2 aromatic rings. The molecule has 0 saturated carbocycles. The number of aryl methyl sites for hydroxylation is 2. The third-order valence-corrected chi connectivity index (χ3v) is 3.08. The van der Waals surface area contributed by atoms with Crippen molar-refractivity contribution in [2.45, 2.75) is 33.4 Å². The minimum absolute atomic E-state index is 0.0895. The lowest BCUT2D eigenvalue weighted by atomic mass is 10.1. The molecule has 0 amide bonds. The highest BCUT2D eigenvalue weighted by Crippen LogP contribution is 2.23. The van der Waals surface area contributed by atoms with Gasteiger partial charge in [0, 0.05) is 11.4 Å². The summed E-state index contributed by atoms with van der Waals surface area (Å²) in [4.78, 5) is 0. The molecule has 0 bridgehead atoms. The van der Waals surface area contributed by atoms with Gasteiger partial charge in [-0.25, -0.2) is 0 Å². The van der Waals surface area contributed by atoms with Crippen LogP contribution in [0.2, 0.25) is 0 Å². The van der Waals surface area contributed by atoms with E-state index in [-0.39, 0.29) is 12.6 Å². The monoisotopic (exact) mass is 233 g/mol. The van der Waals surface area contributed by atoms with Gasteiger partial charge in [0.1, 0.15) is 11.3 Å². The van der Waals surface area contributed by atoms with Crippen molar-refractivity contribution in [1.29, 1.82) is 0 Å². The van der Waals surface area contributed by atoms with E-state index in [0.29, 0.717) is 6.54 Å². The van der Waals surface area contributed by atoms with Crippen LogP contribution in [0.25, 0.3) is 11.0 Å². The molecule has 2 N–H and O–H groups in total. The highest BCUT2D eigenvalue weighted by atomic mass is 16.3. The zero-order valence-corrected chi connectivity index (χ0v) is 10.6. The number of benzene rings is 1. The second-order valence-corrected chi connectivity index (χ2v) is 4.65. The van der Waals surface area contributed by atoms with E-state index < -0.39 is 0 Å². The van der Waals surface area contributed by atoms with Gasteiger partial charge >= 0.3 is 0 Å². The van der Waals surface area contributed by atoms with Crippen molar-refractivity contribution in [3.05, 3.63) is 35.1 Å². The quantitative estimate of drug-likeness (QED) is 0.853. The fourth-order valence-electron chi connectivity index (χ4n) is 1.78. The van der Waals surface area contributed by atoms with Crippen LogP contribution < -0.4 is 5.32 Å². The minimum Gasteiger partial charge on any atom is -0.460 e. The van der Waals surface area contributed by atoms with Gasteiger partial charge in [0.25, 0.3) is 0 Å². The Bertz CT molecular complexity index is 477. The van der Waals surface area contributed by atoms with Gasteiger partial charge in [-0.05, 0) is 50.1 Å². The third-order valence-electron chi connectivity index (χ3n) is 3.08. The lowest BCUT2D eigenvalue weighted by Gasteiger charge is -2.07. The maximum atomic E-state index is 8.93. The Morgan fingerprint density at radius 3 is 2.65 bits per heavy atom. The van der Waals surface area contributed by atoms with Crippen molar-refractivity contribution in [3.63, 3.8) is 0 Å². The molecule has 0 fully saturated rings. The largest absolute Gasteiger partial charge is 0.460 e. The van der Waals surface area contributed by atoms with Crippen LogP contribution in [0.1, 0.15) is 23.8 Å². The normalized spacial score (nSPS) is 13.2. The van der Waals surface area contributed by atoms with Gasteiger partial charge in [-0.3, -0.25) is 0 Å². The summed E-state index contributed by atoms with van der Waals surface area (Å²) in [6, 6.07) is 6.36. The molecule has 0 saturated heterocycles. The van der Waals surface area contributed by atoms with E-state index in [0.717, 1.165) is 16.7 Å². The maximum absolute atomic E-state index is 8.93. The Morgan fingerprint density at radius 1 is 1.24 bits per heavy atom. The minimum atomic E-state index is 0.0895. The van der Waals surface area contributed by atoms with Crippen LogP contribution >= 0.6 is 0 Å². The number of aliphatic hydroxyl groups excluding tert-OH is 1. The fraction of sp³-hybridized carbons (Fsp3) is 0.429. The Balaban J connectivity index is 2.20. The SMILES string of the molecule is Cc1cc2cc(CN[C@H](C)CO)oc2cc1C. The van der Waals surface area contributed by atoms with Gasteiger partial charge in [0.15, 0.2) is 0 Å². The Hall–Kier alpha value is -1.32. The molecular weight excluding hydrogens is 214 g/mol. The first kappa shape index (κ1) is 12.1. The van der Waals surface area contributed by atoms with E-state index in [9.17, 15) is 0 Å². The smallest absolute Gasteiger partial charge is 0.134 e. The van der Waals surface area contributed by atoms with Crippen LogP contribution in [-0.4, -0.2) is 17.8 Å². The molecule has 0 spiro atoms. The van der Waals surface area contributed by atoms with Gasteiger partial charge in [0.05, 0.1) is 13.2 Å². The predicted octanol–water partition coefficient (Wildman–Crippen LogP) is 2.52. The summed E-state index contributed by atoms with van der Waals surface area (Å²) >= 11 is 0. The molecule has 0 aliphatic rings. The first-order valence-electron chi connectivity index (χ1n) is 5.94. The summed E-state index contributed by atoms with van der Waals surface area (Å²) < 4.78 is 5.75. The van der Waals surface area contributed by atoms with Gasteiger partial charge < -0.3 is 14.8 Å². The molecule has 2 rings (SSSR count). The van der Waals surface area contributed by atoms with Crippen molar-refractivity contribution < 1.29 is 9.52 Å². The first-order chi connectivity index (χ1) is 8.10. The second kappa shape index (κ2) is 4.90. The van der Waals surface area contributed by atoms with E-state index in [1.807, 2.05) is 6.92 Å². The molecule has 1 aromatic carbocycles. The number of rotatable bonds is 4. The van der Waals surface area contributed by atoms with Crippen LogP contribution in [0.4, 0.5) is 0 Å². The lowest BCUT2D eigenvalue weighted by molar-refractivity contribution is 0.248. The molecule has 1 atom stereocenters. The summed E-state index contributed by atoms with van der Waals surface area (Å²) in [6.45, 7) is 6.92. The fourth-order valence-corrected chi connectivity index (χ4v) is 1.78. The molecule has 92 valence electrons. The zero-order chi connectivity index (χ0) is 12.4. The van der Waals surface area contributed by atoms with Crippen LogP contribution in [0.3, 0.4) is 0 Å². The number of aliphatic hydroxyl groups is 1. The molecule has 3 nitrogen and oxygen atoms in total. The second-order valence-electron chi connectivity index (χ2n) is 4.65. The van der Waals surface area contributed by atoms with Crippen molar-refractivity contribution in [2.75, 3.05) is 6.61 Å². The zero-order valence-electron chi connectivity index (χ0n) is 10.6. The molecule has 0 aliphatic heterocycles. The summed E-state index contributed by atoms with van der Waals surface area (Å²) in [5.41, 5.74) is 3.46. The Labute approximate surface area is 101 Å². The lowest BCUT2D eigenvalue weighted by Crippen LogP contribution is -2.28. The van der Waals surface area contributed by atoms with Gasteiger partial charge in [-0.1, -0.05) is 0 Å². The number of furan rings is 1. The molecule has 3 heteroatoms. The van der Waals surface area contributed by atoms with Gasteiger partial charge in [-0.2, -0.15) is 0 Å². The molecule has 1 aromatic heterocycles. The molecule has 1 heterocycles. The topological polar surface area (TPSA) is 45.4 Å². The standard InChI is InChI=1S/C14H19NO2/c1-9-4-12-6-13(7-15-11(3)8-16)17-14(12)5-10(9)2/h4-6,11,15-16H,7-8H2,1-3H3/t11-/m1/s1. The predicted molar refractivity (Wildman–Crippen MR) is 69.1 cm³/mol. The summed E-state index contributed by atoms with van der Waals surface area (Å²) in [6.07, 6.45) is 0. The van der Waals surface area contributed by atoms with Crippen LogP contribution in [0.15, 0.2) is 22.6 Å². The van der Waals surface area contributed by atoms with E-state index in [2.05, 4.69) is 37.4 Å². The van der Waals surface area contributed by atoms with E-state index in [1.54, 1.807) is 0 Å². The summed E-state index contributed by atoms with van der Waals surface area (Å²) in [5.74, 6) is 0.908. The van der Waals surface area contributed by atoms with Crippen molar-refractivity contribution >= 4 is 11.0 Å². The average Bonchev–Trinajstić information content (AvgIpc) is 2.68. The van der Waals surface area contributed by atoms with E-state index >= 15 is 0 Å². The highest BCUT2D eigenvalue weighted by Gasteiger charge is 2.06. The third kappa shape index (κ3) is 2.68. The van der Waals surface area contributed by atoms with Crippen LogP contribution in [0, 0.1) is 13.8 Å². The van der Waals surface area contributed by atoms with Gasteiger partial charge in [-0.15, -0.1) is 0 Å². The average molecular weight is 233 g/mol. The van der Waals surface area contributed by atoms with Crippen molar-refractivity contribution in [2.24, 2.45) is 0 Å². The molecule has 17 heavy (non-hydrogen) atoms. The summed E-state index contributed by atoms with van der Waals surface area (Å²) in [5, 5.41) is 13.3. The molecular formula is C14H19NO2. The number of hydrogen-bond donors (Lipinski definition) is 2. The molecule has 0 aliphatic carbocycles. The van der Waals surface area contributed by atoms with E-state index in [1.165, 1.54) is 11.1 Å². The molecule has 0 unspecified atom stereocenters. The van der Waals surface area contributed by atoms with Crippen LogP contribution in [-0.2, 0) is 6.54 Å². The maximum Gasteiger partial charge on any atom is 0.134 e. The first-order valence-corrected chi connectivity index (χ1v) is 5.94. The highest BCUT2D eigenvalue weighted by molar-refractivity contribution is 5.79. The van der Waals surface area contributed by atoms with E-state index in [4.69, 9.17) is 9.52 Å². The Kier molecular flexibility index (Phi) is 3.50. The van der Waals surface area contributed by atoms with Crippen LogP contribution in [0.5, 0.6) is 0 Å². The number of hydrogen-bond acceptors (Lipinski definition) is 3. The van der Waals surface area contributed by atoms with Crippen molar-refractivity contribution in [1.82, 2.24) is 5.32 Å². The number of nitrogens with one attached hydrogen (secondary N) is 1. The Morgan fingerprint density at radius 2 is 1.94 bits per heavy atom. The molecule has 0 radical (unpaired) electrons. The number of fused-ring (bicyclic) bond motifs is 1. The van der Waals surface area contributed by atoms with Gasteiger partial charge in [0.2, 0.25) is 0 Å². The van der Waals surface area contributed by atoms with Crippen molar-refractivity contribution in [3.8, 4) is 0 Å². The summed E-state index contributed by atoms with van der Waals surface area (Å²) in [7, 11) is 0.